The van der Waals surface area contributed by atoms with Crippen LogP contribution in [0.4, 0.5) is 11.4 Å². The number of hydrogen-bond acceptors (Lipinski definition) is 4. The molecule has 1 amide bonds. The topological polar surface area (TPSA) is 92.5 Å². The smallest absolute Gasteiger partial charge is 0.255 e. The van der Waals surface area contributed by atoms with E-state index in [1.54, 1.807) is 44.2 Å². The number of nitrogen functional groups attached to an aromatic ring is 1. The summed E-state index contributed by atoms with van der Waals surface area (Å²) < 4.78 is 27.0. The van der Waals surface area contributed by atoms with Crippen LogP contribution >= 0.6 is 12.4 Å². The Labute approximate surface area is 167 Å². The Kier molecular flexibility index (Phi) is 7.83. The summed E-state index contributed by atoms with van der Waals surface area (Å²) >= 11 is 0. The van der Waals surface area contributed by atoms with Gasteiger partial charge in [-0.15, -0.1) is 12.4 Å². The molecule has 0 aromatic heterocycles. The van der Waals surface area contributed by atoms with Crippen molar-refractivity contribution in [2.45, 2.75) is 32.6 Å². The quantitative estimate of drug-likeness (QED) is 0.710. The van der Waals surface area contributed by atoms with Crippen molar-refractivity contribution >= 4 is 39.7 Å². The minimum Gasteiger partial charge on any atom is -0.399 e. The van der Waals surface area contributed by atoms with E-state index in [1.165, 1.54) is 10.4 Å². The fourth-order valence-electron chi connectivity index (χ4n) is 2.69. The molecule has 0 unspecified atom stereocenters. The summed E-state index contributed by atoms with van der Waals surface area (Å²) in [7, 11) is -3.61. The zero-order chi connectivity index (χ0) is 19.5. The van der Waals surface area contributed by atoms with Gasteiger partial charge in [0.05, 0.1) is 4.90 Å². The maximum Gasteiger partial charge on any atom is 0.255 e. The highest BCUT2D eigenvalue weighted by Crippen LogP contribution is 2.26. The number of carbonyl (C=O) groups excluding carboxylic acids is 1. The summed E-state index contributed by atoms with van der Waals surface area (Å²) in [4.78, 5) is 12.7. The first-order valence-corrected chi connectivity index (χ1v) is 9.93. The monoisotopic (exact) mass is 411 g/mol. The highest BCUT2D eigenvalue weighted by atomic mass is 35.5. The van der Waals surface area contributed by atoms with Gasteiger partial charge in [-0.1, -0.05) is 19.9 Å². The molecule has 148 valence electrons. The molecular formula is C19H26ClN3O3S. The number of sulfonamides is 1. The van der Waals surface area contributed by atoms with Gasteiger partial charge in [-0.2, -0.15) is 4.31 Å². The number of nitrogens with one attached hydrogen (secondary N) is 1. The number of benzene rings is 2. The number of anilines is 2. The van der Waals surface area contributed by atoms with Gasteiger partial charge in [0, 0.05) is 30.0 Å². The Bertz CT molecular complexity index is 926. The van der Waals surface area contributed by atoms with Crippen molar-refractivity contribution < 1.29 is 13.2 Å². The van der Waals surface area contributed by atoms with Crippen molar-refractivity contribution in [2.24, 2.45) is 0 Å². The molecule has 27 heavy (non-hydrogen) atoms. The second-order valence-corrected chi connectivity index (χ2v) is 8.02. The molecule has 3 N–H and O–H groups in total. The SMILES string of the molecule is CCN(CC)S(=O)(=O)c1cc(C)c(C)c(NC(=O)c2cccc(N)c2)c1.Cl. The van der Waals surface area contributed by atoms with E-state index in [4.69, 9.17) is 5.73 Å². The number of nitrogens with two attached hydrogens (primary N) is 1. The molecule has 0 fully saturated rings. The molecule has 2 aromatic carbocycles. The minimum absolute atomic E-state index is 0. The number of rotatable bonds is 6. The molecule has 0 spiro atoms. The van der Waals surface area contributed by atoms with Crippen LogP contribution in [0, 0.1) is 13.8 Å². The molecule has 0 radical (unpaired) electrons. The van der Waals surface area contributed by atoms with Crippen LogP contribution in [0.3, 0.4) is 0 Å². The third-order valence-electron chi connectivity index (χ3n) is 4.38. The zero-order valence-electron chi connectivity index (χ0n) is 15.9. The molecule has 0 aliphatic heterocycles. The van der Waals surface area contributed by atoms with Crippen LogP contribution in [0.1, 0.15) is 35.3 Å². The van der Waals surface area contributed by atoms with E-state index >= 15 is 0 Å². The molecule has 2 rings (SSSR count). The van der Waals surface area contributed by atoms with Gasteiger partial charge >= 0.3 is 0 Å². The lowest BCUT2D eigenvalue weighted by Gasteiger charge is -2.20. The predicted octanol–water partition coefficient (Wildman–Crippen LogP) is 3.59. The fourth-order valence-corrected chi connectivity index (χ4v) is 4.26. The molecule has 0 aliphatic carbocycles. The van der Waals surface area contributed by atoms with Gasteiger partial charge in [0.2, 0.25) is 10.0 Å². The first-order chi connectivity index (χ1) is 12.2. The lowest BCUT2D eigenvalue weighted by atomic mass is 10.1. The molecule has 0 atom stereocenters. The predicted molar refractivity (Wildman–Crippen MR) is 112 cm³/mol. The van der Waals surface area contributed by atoms with Gasteiger partial charge in [-0.25, -0.2) is 8.42 Å². The molecule has 6 nitrogen and oxygen atoms in total. The van der Waals surface area contributed by atoms with Crippen molar-refractivity contribution in [1.29, 1.82) is 0 Å². The van der Waals surface area contributed by atoms with Gasteiger partial charge in [-0.05, 0) is 55.3 Å². The number of amides is 1. The van der Waals surface area contributed by atoms with Crippen LogP contribution in [-0.4, -0.2) is 31.7 Å². The Hall–Kier alpha value is -2.09. The van der Waals surface area contributed by atoms with Crippen molar-refractivity contribution in [3.05, 3.63) is 53.1 Å². The van der Waals surface area contributed by atoms with E-state index in [9.17, 15) is 13.2 Å². The van der Waals surface area contributed by atoms with E-state index in [0.29, 0.717) is 30.0 Å². The van der Waals surface area contributed by atoms with Gasteiger partial charge < -0.3 is 11.1 Å². The Morgan fingerprint density at radius 1 is 1.11 bits per heavy atom. The Morgan fingerprint density at radius 3 is 2.30 bits per heavy atom. The molecule has 8 heteroatoms. The number of carbonyl (C=O) groups is 1. The molecule has 0 bridgehead atoms. The van der Waals surface area contributed by atoms with E-state index < -0.39 is 10.0 Å². The number of aryl methyl sites for hydroxylation is 1. The summed E-state index contributed by atoms with van der Waals surface area (Å²) in [6.45, 7) is 8.04. The highest BCUT2D eigenvalue weighted by Gasteiger charge is 2.23. The largest absolute Gasteiger partial charge is 0.399 e. The van der Waals surface area contributed by atoms with Crippen molar-refractivity contribution in [3.63, 3.8) is 0 Å². The number of hydrogen-bond donors (Lipinski definition) is 2. The third kappa shape index (κ3) is 5.00. The summed E-state index contributed by atoms with van der Waals surface area (Å²) in [5, 5.41) is 2.80. The summed E-state index contributed by atoms with van der Waals surface area (Å²) in [5.41, 5.74) is 8.72. The van der Waals surface area contributed by atoms with Crippen molar-refractivity contribution in [2.75, 3.05) is 24.1 Å². The third-order valence-corrected chi connectivity index (χ3v) is 6.41. The van der Waals surface area contributed by atoms with E-state index in [1.807, 2.05) is 13.8 Å². The normalized spacial score (nSPS) is 11.1. The Balaban J connectivity index is 0.00000364. The van der Waals surface area contributed by atoms with Crippen LogP contribution in [0.5, 0.6) is 0 Å². The molecule has 2 aromatic rings. The Morgan fingerprint density at radius 2 is 1.74 bits per heavy atom. The molecule has 0 aliphatic rings. The maximum atomic E-state index is 12.8. The summed E-state index contributed by atoms with van der Waals surface area (Å²) in [6.07, 6.45) is 0. The second-order valence-electron chi connectivity index (χ2n) is 6.08. The average molecular weight is 412 g/mol. The number of halogens is 1. The van der Waals surface area contributed by atoms with Crippen LogP contribution < -0.4 is 11.1 Å². The summed E-state index contributed by atoms with van der Waals surface area (Å²) in [5.74, 6) is -0.336. The van der Waals surface area contributed by atoms with Gasteiger partial charge in [0.25, 0.3) is 5.91 Å². The average Bonchev–Trinajstić information content (AvgIpc) is 2.59. The standard InChI is InChI=1S/C19H25N3O3S.ClH/c1-5-22(6-2)26(24,25)17-10-13(3)14(4)18(12-17)21-19(23)15-8-7-9-16(20)11-15;/h7-12H,5-6,20H2,1-4H3,(H,21,23);1H. The zero-order valence-corrected chi connectivity index (χ0v) is 17.6. The molecule has 0 saturated carbocycles. The van der Waals surface area contributed by atoms with Gasteiger partial charge in [0.1, 0.15) is 0 Å². The second kappa shape index (κ2) is 9.21. The van der Waals surface area contributed by atoms with Gasteiger partial charge in [0.15, 0.2) is 0 Å². The summed E-state index contributed by atoms with van der Waals surface area (Å²) in [6, 6.07) is 9.78. The van der Waals surface area contributed by atoms with E-state index in [0.717, 1.165) is 11.1 Å². The lowest BCUT2D eigenvalue weighted by molar-refractivity contribution is 0.102. The first kappa shape index (κ1) is 23.0. The maximum absolute atomic E-state index is 12.8. The lowest BCUT2D eigenvalue weighted by Crippen LogP contribution is -2.30. The first-order valence-electron chi connectivity index (χ1n) is 8.49. The fraction of sp³-hybridized carbons (Fsp3) is 0.316. The van der Waals surface area contributed by atoms with Crippen LogP contribution in [0.2, 0.25) is 0 Å². The van der Waals surface area contributed by atoms with Gasteiger partial charge in [-0.3, -0.25) is 4.79 Å². The van der Waals surface area contributed by atoms with Crippen molar-refractivity contribution in [1.82, 2.24) is 4.31 Å². The van der Waals surface area contributed by atoms with E-state index in [2.05, 4.69) is 5.32 Å². The van der Waals surface area contributed by atoms with E-state index in [-0.39, 0.29) is 23.2 Å². The molecule has 0 saturated heterocycles. The molecule has 0 heterocycles. The molecular weight excluding hydrogens is 386 g/mol. The van der Waals surface area contributed by atoms with Crippen molar-refractivity contribution in [3.8, 4) is 0 Å². The van der Waals surface area contributed by atoms with Crippen LogP contribution in [-0.2, 0) is 10.0 Å². The highest BCUT2D eigenvalue weighted by molar-refractivity contribution is 7.89. The van der Waals surface area contributed by atoms with Crippen LogP contribution in [0.15, 0.2) is 41.3 Å². The number of nitrogens with zero attached hydrogens (tertiary/aromatic N) is 1. The minimum atomic E-state index is -3.61. The van der Waals surface area contributed by atoms with Crippen LogP contribution in [0.25, 0.3) is 0 Å².